The zero-order valence-corrected chi connectivity index (χ0v) is 24.8. The molecular weight excluding hydrogens is 530 g/mol. The lowest BCUT2D eigenvalue weighted by atomic mass is 10.0. The average Bonchev–Trinajstić information content (AvgIpc) is 3.40. The van der Waals surface area contributed by atoms with Crippen LogP contribution in [-0.2, 0) is 14.1 Å². The maximum absolute atomic E-state index is 6.50. The van der Waals surface area contributed by atoms with Crippen molar-refractivity contribution in [1.82, 2.24) is 0 Å². The summed E-state index contributed by atoms with van der Waals surface area (Å²) in [7, 11) is 4.16. The number of aryl methyl sites for hydroxylation is 2. The number of nitrogens with zero attached hydrogens (tertiary/aromatic N) is 3. The van der Waals surface area contributed by atoms with Gasteiger partial charge in [0.05, 0.1) is 19.7 Å². The van der Waals surface area contributed by atoms with Gasteiger partial charge in [0.25, 0.3) is 17.5 Å². The third-order valence-corrected chi connectivity index (χ3v) is 8.15. The molecule has 0 unspecified atom stereocenters. The third-order valence-electron chi connectivity index (χ3n) is 8.15. The zero-order valence-electron chi connectivity index (χ0n) is 24.8. The van der Waals surface area contributed by atoms with Crippen LogP contribution in [0.1, 0.15) is 11.1 Å². The maximum Gasteiger partial charge on any atom is 0.292 e. The topological polar surface area (TPSA) is 33.4 Å². The van der Waals surface area contributed by atoms with E-state index >= 15 is 0 Å². The van der Waals surface area contributed by atoms with Crippen molar-refractivity contribution in [3.8, 4) is 22.9 Å². The van der Waals surface area contributed by atoms with Gasteiger partial charge in [0.2, 0.25) is 0 Å². The molecule has 210 valence electrons. The van der Waals surface area contributed by atoms with Crippen LogP contribution in [0.4, 0.5) is 17.3 Å². The summed E-state index contributed by atoms with van der Waals surface area (Å²) in [6, 6.07) is 43.7. The SMILES string of the molecule is Cc1ccccc1Oc1cccc(N(c2ccccc2)c2cccc(-c3c(C)ccc4c3oc3ccccc34)[n+]2C)[n+]1C. The predicted octanol–water partition coefficient (Wildman–Crippen LogP) is 8.78. The quantitative estimate of drug-likeness (QED) is 0.190. The molecule has 0 aliphatic rings. The summed E-state index contributed by atoms with van der Waals surface area (Å²) >= 11 is 0. The van der Waals surface area contributed by atoms with Gasteiger partial charge in [-0.15, -0.1) is 0 Å². The Balaban J connectivity index is 1.42. The highest BCUT2D eigenvalue weighted by Crippen LogP contribution is 2.38. The van der Waals surface area contributed by atoms with Crippen LogP contribution in [0.25, 0.3) is 33.2 Å². The van der Waals surface area contributed by atoms with Crippen molar-refractivity contribution in [1.29, 1.82) is 0 Å². The number of rotatable bonds is 6. The molecule has 5 heteroatoms. The summed E-state index contributed by atoms with van der Waals surface area (Å²) in [5, 5.41) is 2.25. The van der Waals surface area contributed by atoms with Gasteiger partial charge in [-0.05, 0) is 67.4 Å². The molecular formula is C38H33N3O2+2. The first-order chi connectivity index (χ1) is 21.0. The summed E-state index contributed by atoms with van der Waals surface area (Å²) in [6.07, 6.45) is 0. The number of hydrogen-bond acceptors (Lipinski definition) is 3. The largest absolute Gasteiger partial charge is 0.455 e. The first-order valence-electron chi connectivity index (χ1n) is 14.5. The Labute approximate surface area is 251 Å². The van der Waals surface area contributed by atoms with Gasteiger partial charge in [0.1, 0.15) is 28.3 Å². The van der Waals surface area contributed by atoms with E-state index in [1.165, 1.54) is 0 Å². The number of hydrogen-bond donors (Lipinski definition) is 0. The predicted molar refractivity (Wildman–Crippen MR) is 172 cm³/mol. The van der Waals surface area contributed by atoms with Gasteiger partial charge >= 0.3 is 0 Å². The van der Waals surface area contributed by atoms with Gasteiger partial charge in [-0.25, -0.2) is 4.57 Å². The first-order valence-corrected chi connectivity index (χ1v) is 14.5. The van der Waals surface area contributed by atoms with E-state index in [9.17, 15) is 0 Å². The monoisotopic (exact) mass is 563 g/mol. The van der Waals surface area contributed by atoms with Crippen LogP contribution in [0.5, 0.6) is 11.6 Å². The summed E-state index contributed by atoms with van der Waals surface area (Å²) in [5.74, 6) is 3.54. The van der Waals surface area contributed by atoms with E-state index in [2.05, 4.69) is 114 Å². The molecule has 7 rings (SSSR count). The lowest BCUT2D eigenvalue weighted by Crippen LogP contribution is -2.42. The van der Waals surface area contributed by atoms with E-state index in [-0.39, 0.29) is 0 Å². The van der Waals surface area contributed by atoms with Crippen LogP contribution in [0.2, 0.25) is 0 Å². The maximum atomic E-state index is 6.50. The number of pyridine rings is 2. The molecule has 0 amide bonds. The lowest BCUT2D eigenvalue weighted by Gasteiger charge is -2.20. The van der Waals surface area contributed by atoms with Crippen LogP contribution in [0, 0.1) is 13.8 Å². The van der Waals surface area contributed by atoms with Gasteiger partial charge in [0, 0.05) is 29.0 Å². The number of ether oxygens (including phenoxy) is 1. The van der Waals surface area contributed by atoms with E-state index in [0.717, 1.165) is 73.3 Å². The number of benzene rings is 4. The molecule has 0 saturated heterocycles. The Morgan fingerprint density at radius 3 is 2.09 bits per heavy atom. The Morgan fingerprint density at radius 2 is 1.28 bits per heavy atom. The Morgan fingerprint density at radius 1 is 0.581 bits per heavy atom. The van der Waals surface area contributed by atoms with Crippen molar-refractivity contribution in [2.24, 2.45) is 14.1 Å². The first kappa shape index (κ1) is 26.5. The van der Waals surface area contributed by atoms with E-state index in [1.807, 2.05) is 55.6 Å². The second-order valence-electron chi connectivity index (χ2n) is 10.9. The fraction of sp³-hybridized carbons (Fsp3) is 0.105. The van der Waals surface area contributed by atoms with Gasteiger partial charge < -0.3 is 9.15 Å². The number of anilines is 3. The van der Waals surface area contributed by atoms with Crippen molar-refractivity contribution in [3.05, 3.63) is 139 Å². The highest BCUT2D eigenvalue weighted by Gasteiger charge is 2.31. The van der Waals surface area contributed by atoms with E-state index < -0.39 is 0 Å². The number of furan rings is 1. The Kier molecular flexibility index (Phi) is 6.63. The fourth-order valence-electron chi connectivity index (χ4n) is 5.88. The van der Waals surface area contributed by atoms with Crippen LogP contribution in [-0.4, -0.2) is 0 Å². The van der Waals surface area contributed by atoms with Crippen molar-refractivity contribution in [2.45, 2.75) is 13.8 Å². The normalized spacial score (nSPS) is 11.3. The van der Waals surface area contributed by atoms with Crippen molar-refractivity contribution >= 4 is 39.3 Å². The number of fused-ring (bicyclic) bond motifs is 3. The van der Waals surface area contributed by atoms with E-state index in [4.69, 9.17) is 9.15 Å². The highest BCUT2D eigenvalue weighted by molar-refractivity contribution is 6.09. The average molecular weight is 564 g/mol. The molecule has 5 nitrogen and oxygen atoms in total. The minimum absolute atomic E-state index is 0.745. The molecule has 0 aliphatic carbocycles. The summed E-state index contributed by atoms with van der Waals surface area (Å²) < 4.78 is 17.3. The van der Waals surface area contributed by atoms with E-state index in [0.29, 0.717) is 0 Å². The molecule has 3 aromatic heterocycles. The molecule has 0 fully saturated rings. The Bertz CT molecular complexity index is 2110. The van der Waals surface area contributed by atoms with Crippen molar-refractivity contribution < 1.29 is 18.3 Å². The van der Waals surface area contributed by atoms with Crippen LogP contribution < -0.4 is 18.8 Å². The lowest BCUT2D eigenvalue weighted by molar-refractivity contribution is -0.667. The number of aromatic nitrogens is 2. The van der Waals surface area contributed by atoms with Gasteiger partial charge in [-0.3, -0.25) is 0 Å². The van der Waals surface area contributed by atoms with Crippen molar-refractivity contribution in [2.75, 3.05) is 4.90 Å². The second-order valence-corrected chi connectivity index (χ2v) is 10.9. The fourth-order valence-corrected chi connectivity index (χ4v) is 5.88. The van der Waals surface area contributed by atoms with Gasteiger partial charge in [-0.1, -0.05) is 66.7 Å². The molecule has 0 saturated carbocycles. The van der Waals surface area contributed by atoms with Crippen LogP contribution in [0.3, 0.4) is 0 Å². The van der Waals surface area contributed by atoms with Crippen LogP contribution in [0.15, 0.2) is 132 Å². The minimum atomic E-state index is 0.745. The van der Waals surface area contributed by atoms with E-state index in [1.54, 1.807) is 0 Å². The molecule has 0 radical (unpaired) electrons. The molecule has 43 heavy (non-hydrogen) atoms. The third kappa shape index (κ3) is 4.59. The molecule has 4 aromatic carbocycles. The summed E-state index contributed by atoms with van der Waals surface area (Å²) in [4.78, 5) is 2.27. The molecule has 7 aromatic rings. The number of para-hydroxylation sites is 3. The zero-order chi connectivity index (χ0) is 29.5. The highest BCUT2D eigenvalue weighted by atomic mass is 16.5. The molecule has 3 heterocycles. The molecule has 0 bridgehead atoms. The smallest absolute Gasteiger partial charge is 0.292 e. The summed E-state index contributed by atoms with van der Waals surface area (Å²) in [6.45, 7) is 4.21. The molecule has 0 aliphatic heterocycles. The molecule has 0 atom stereocenters. The van der Waals surface area contributed by atoms with Gasteiger partial charge in [-0.2, -0.15) is 9.47 Å². The standard InChI is InChI=1S/C38H33N3O2/c1-26-14-8-10-19-32(26)42-36-23-13-22-35(40(36)4)41(28-15-6-5-7-16-28)34-21-12-18-31(39(34)3)37-27(2)24-25-30-29-17-9-11-20-33(29)43-38(30)37/h5-25H,1-4H3/q+2. The van der Waals surface area contributed by atoms with Crippen LogP contribution >= 0.6 is 0 Å². The molecule has 0 N–H and O–H groups in total. The Hall–Kier alpha value is -5.42. The second kappa shape index (κ2) is 10.8. The summed E-state index contributed by atoms with van der Waals surface area (Å²) in [5.41, 5.74) is 7.23. The van der Waals surface area contributed by atoms with Crippen molar-refractivity contribution in [3.63, 3.8) is 0 Å². The van der Waals surface area contributed by atoms with Gasteiger partial charge in [0.15, 0.2) is 0 Å². The molecule has 0 spiro atoms. The minimum Gasteiger partial charge on any atom is -0.455 e.